The number of hydrogen-bond donors (Lipinski definition) is 0. The van der Waals surface area contributed by atoms with Gasteiger partial charge in [-0.1, -0.05) is 18.2 Å². The van der Waals surface area contributed by atoms with Gasteiger partial charge in [-0.2, -0.15) is 9.40 Å². The van der Waals surface area contributed by atoms with Crippen molar-refractivity contribution in [2.24, 2.45) is 0 Å². The van der Waals surface area contributed by atoms with Crippen LogP contribution in [0.2, 0.25) is 0 Å². The monoisotopic (exact) mass is 442 g/mol. The Balaban J connectivity index is 1.48. The van der Waals surface area contributed by atoms with Gasteiger partial charge >= 0.3 is 0 Å². The van der Waals surface area contributed by atoms with Crippen LogP contribution in [0.4, 0.5) is 4.39 Å². The first-order valence-corrected chi connectivity index (χ1v) is 12.0. The zero-order chi connectivity index (χ0) is 22.0. The van der Waals surface area contributed by atoms with Crippen LogP contribution in [0.25, 0.3) is 0 Å². The zero-order valence-electron chi connectivity index (χ0n) is 17.8. The number of rotatable bonds is 6. The lowest BCUT2D eigenvalue weighted by Crippen LogP contribution is -2.39. The van der Waals surface area contributed by atoms with Crippen LogP contribution in [0.3, 0.4) is 0 Å². The van der Waals surface area contributed by atoms with Crippen molar-refractivity contribution >= 4 is 10.0 Å². The van der Waals surface area contributed by atoms with Gasteiger partial charge in [-0.15, -0.1) is 0 Å². The quantitative estimate of drug-likeness (QED) is 0.581. The van der Waals surface area contributed by atoms with Crippen LogP contribution in [-0.4, -0.2) is 40.6 Å². The highest BCUT2D eigenvalue weighted by Crippen LogP contribution is 2.30. The molecule has 1 unspecified atom stereocenters. The third-order valence-corrected chi connectivity index (χ3v) is 7.78. The molecule has 0 radical (unpaired) electrons. The lowest BCUT2D eigenvalue weighted by molar-refractivity contribution is 0.312. The molecule has 31 heavy (non-hydrogen) atoms. The highest BCUT2D eigenvalue weighted by atomic mass is 32.2. The fraction of sp³-hybridized carbons (Fsp3) is 0.391. The summed E-state index contributed by atoms with van der Waals surface area (Å²) in [6.07, 6.45) is 5.84. The summed E-state index contributed by atoms with van der Waals surface area (Å²) in [4.78, 5) is 4.92. The number of piperidine rings is 1. The van der Waals surface area contributed by atoms with Crippen LogP contribution in [0.1, 0.15) is 48.2 Å². The maximum absolute atomic E-state index is 13.2. The normalized spacial score (nSPS) is 17.7. The molecule has 1 aliphatic rings. The first-order chi connectivity index (χ1) is 14.9. The van der Waals surface area contributed by atoms with Crippen LogP contribution in [0, 0.1) is 12.7 Å². The van der Waals surface area contributed by atoms with Crippen LogP contribution >= 0.6 is 0 Å². The van der Waals surface area contributed by atoms with Gasteiger partial charge in [0.15, 0.2) is 0 Å². The van der Waals surface area contributed by atoms with Gasteiger partial charge in [-0.3, -0.25) is 9.67 Å². The van der Waals surface area contributed by atoms with Crippen LogP contribution < -0.4 is 0 Å². The summed E-state index contributed by atoms with van der Waals surface area (Å²) in [5.41, 5.74) is 3.50. The van der Waals surface area contributed by atoms with Gasteiger partial charge in [0.2, 0.25) is 10.0 Å². The summed E-state index contributed by atoms with van der Waals surface area (Å²) in [6.45, 7) is 5.24. The number of nitrogens with zero attached hydrogens (tertiary/aromatic N) is 4. The van der Waals surface area contributed by atoms with Crippen molar-refractivity contribution in [2.45, 2.75) is 50.5 Å². The predicted molar refractivity (Wildman–Crippen MR) is 117 cm³/mol. The minimum atomic E-state index is -3.58. The molecule has 0 amide bonds. The van der Waals surface area contributed by atoms with Gasteiger partial charge in [0.1, 0.15) is 10.7 Å². The van der Waals surface area contributed by atoms with E-state index in [1.54, 1.807) is 34.2 Å². The lowest BCUT2D eigenvalue weighted by atomic mass is 9.95. The van der Waals surface area contributed by atoms with Crippen molar-refractivity contribution in [3.05, 3.63) is 77.1 Å². The largest absolute Gasteiger partial charge is 0.271 e. The number of halogens is 1. The van der Waals surface area contributed by atoms with E-state index in [9.17, 15) is 12.8 Å². The van der Waals surface area contributed by atoms with Crippen LogP contribution in [-0.2, 0) is 23.0 Å². The second kappa shape index (κ2) is 8.88. The van der Waals surface area contributed by atoms with Gasteiger partial charge in [0.25, 0.3) is 0 Å². The van der Waals surface area contributed by atoms with Crippen molar-refractivity contribution in [2.75, 3.05) is 13.1 Å². The molecule has 1 aliphatic heterocycles. The molecule has 3 aromatic rings. The number of pyridine rings is 1. The van der Waals surface area contributed by atoms with Crippen LogP contribution in [0.5, 0.6) is 0 Å². The maximum atomic E-state index is 13.2. The summed E-state index contributed by atoms with van der Waals surface area (Å²) >= 11 is 0. The molecule has 0 aliphatic carbocycles. The Morgan fingerprint density at radius 2 is 1.87 bits per heavy atom. The molecule has 0 N–H and O–H groups in total. The number of aryl methyl sites for hydroxylation is 2. The molecule has 1 atom stereocenters. The summed E-state index contributed by atoms with van der Waals surface area (Å²) < 4.78 is 42.8. The van der Waals surface area contributed by atoms with Crippen molar-refractivity contribution < 1.29 is 12.8 Å². The van der Waals surface area contributed by atoms with Gasteiger partial charge in [0.05, 0.1) is 5.69 Å². The Morgan fingerprint density at radius 1 is 1.13 bits per heavy atom. The smallest absolute Gasteiger partial charge is 0.246 e. The van der Waals surface area contributed by atoms with Crippen molar-refractivity contribution in [1.29, 1.82) is 0 Å². The second-order valence-corrected chi connectivity index (χ2v) is 9.94. The lowest BCUT2D eigenvalue weighted by Gasteiger charge is -2.31. The Hall–Kier alpha value is -2.58. The number of benzene rings is 1. The van der Waals surface area contributed by atoms with E-state index >= 15 is 0 Å². The molecule has 0 bridgehead atoms. The molecule has 0 spiro atoms. The fourth-order valence-electron chi connectivity index (χ4n) is 4.08. The SMILES string of the molecule is CCn1cc(S(=O)(=O)N2CCCC(c3ccc(Cc4ccc(F)cc4)cn3)C2)c(C)n1. The Labute approximate surface area is 182 Å². The molecular weight excluding hydrogens is 415 g/mol. The minimum absolute atomic E-state index is 0.0601. The molecule has 164 valence electrons. The van der Waals surface area contributed by atoms with Gasteiger partial charge < -0.3 is 0 Å². The summed E-state index contributed by atoms with van der Waals surface area (Å²) in [5, 5.41) is 4.29. The average molecular weight is 443 g/mol. The Kier molecular flexibility index (Phi) is 6.20. The molecule has 0 saturated carbocycles. The fourth-order valence-corrected chi connectivity index (χ4v) is 5.77. The van der Waals surface area contributed by atoms with Crippen molar-refractivity contribution in [3.63, 3.8) is 0 Å². The molecule has 3 heterocycles. The second-order valence-electron chi connectivity index (χ2n) is 8.03. The third kappa shape index (κ3) is 4.70. The third-order valence-electron chi connectivity index (χ3n) is 5.81. The average Bonchev–Trinajstić information content (AvgIpc) is 3.18. The summed E-state index contributed by atoms with van der Waals surface area (Å²) in [5.74, 6) is -0.184. The molecule has 1 saturated heterocycles. The van der Waals surface area contributed by atoms with E-state index in [1.807, 2.05) is 25.3 Å². The maximum Gasteiger partial charge on any atom is 0.246 e. The van der Waals surface area contributed by atoms with Crippen LogP contribution in [0.15, 0.2) is 53.7 Å². The van der Waals surface area contributed by atoms with Crippen molar-refractivity contribution in [1.82, 2.24) is 19.1 Å². The topological polar surface area (TPSA) is 68.1 Å². The van der Waals surface area contributed by atoms with E-state index in [-0.39, 0.29) is 16.6 Å². The molecule has 1 fully saturated rings. The van der Waals surface area contributed by atoms with E-state index in [4.69, 9.17) is 0 Å². The molecule has 4 rings (SSSR count). The highest BCUT2D eigenvalue weighted by molar-refractivity contribution is 7.89. The number of sulfonamides is 1. The number of aromatic nitrogens is 3. The van der Waals surface area contributed by atoms with Gasteiger partial charge in [0, 0.05) is 43.6 Å². The minimum Gasteiger partial charge on any atom is -0.271 e. The zero-order valence-corrected chi connectivity index (χ0v) is 18.6. The van der Waals surface area contributed by atoms with E-state index in [2.05, 4.69) is 10.1 Å². The molecule has 2 aromatic heterocycles. The van der Waals surface area contributed by atoms with E-state index < -0.39 is 10.0 Å². The van der Waals surface area contributed by atoms with E-state index in [0.717, 1.165) is 29.7 Å². The Morgan fingerprint density at radius 3 is 2.52 bits per heavy atom. The summed E-state index contributed by atoms with van der Waals surface area (Å²) in [6, 6.07) is 10.5. The molecule has 6 nitrogen and oxygen atoms in total. The molecule has 1 aromatic carbocycles. The van der Waals surface area contributed by atoms with E-state index in [0.29, 0.717) is 31.7 Å². The summed E-state index contributed by atoms with van der Waals surface area (Å²) in [7, 11) is -3.58. The molecule has 8 heteroatoms. The van der Waals surface area contributed by atoms with E-state index in [1.165, 1.54) is 12.1 Å². The highest BCUT2D eigenvalue weighted by Gasteiger charge is 2.33. The standard InChI is InChI=1S/C23H27FN4O2S/c1-3-27-16-23(17(2)26-27)31(29,30)28-12-4-5-20(15-28)22-11-8-19(14-25-22)13-18-6-9-21(24)10-7-18/h6-11,14,16,20H,3-5,12-13,15H2,1-2H3. The van der Waals surface area contributed by atoms with Crippen molar-refractivity contribution in [3.8, 4) is 0 Å². The van der Waals surface area contributed by atoms with Gasteiger partial charge in [-0.25, -0.2) is 12.8 Å². The Bertz CT molecular complexity index is 1140. The molecular formula is C23H27FN4O2S. The van der Waals surface area contributed by atoms with Gasteiger partial charge in [-0.05, 0) is 62.4 Å². The first kappa shape index (κ1) is 21.6. The first-order valence-electron chi connectivity index (χ1n) is 10.6. The number of hydrogen-bond acceptors (Lipinski definition) is 4. The predicted octanol–water partition coefficient (Wildman–Crippen LogP) is 3.90.